The summed E-state index contributed by atoms with van der Waals surface area (Å²) in [5.41, 5.74) is 7.61. The zero-order chi connectivity index (χ0) is 14.7. The normalized spacial score (nSPS) is 10.6. The molecule has 104 valence electrons. The fourth-order valence-electron chi connectivity index (χ4n) is 2.10. The Bertz CT molecular complexity index is 611. The zero-order valence-corrected chi connectivity index (χ0v) is 12.3. The van der Waals surface area contributed by atoms with E-state index >= 15 is 0 Å². The number of carbonyl (C=O) groups is 1. The lowest BCUT2D eigenvalue weighted by molar-refractivity contribution is 0.0981. The molecule has 0 atom stereocenters. The molecule has 0 aliphatic rings. The number of nitrogen functional groups attached to an aromatic ring is 1. The van der Waals surface area contributed by atoms with E-state index in [9.17, 15) is 4.79 Å². The summed E-state index contributed by atoms with van der Waals surface area (Å²) in [6.45, 7) is 3.94. The van der Waals surface area contributed by atoms with Crippen LogP contribution in [0.2, 0.25) is 5.02 Å². The molecule has 0 heterocycles. The van der Waals surface area contributed by atoms with Crippen molar-refractivity contribution in [2.75, 3.05) is 10.6 Å². The molecule has 1 amide bonds. The van der Waals surface area contributed by atoms with Crippen molar-refractivity contribution >= 4 is 28.9 Å². The summed E-state index contributed by atoms with van der Waals surface area (Å²) in [6.07, 6.45) is 0. The monoisotopic (exact) mass is 288 g/mol. The van der Waals surface area contributed by atoms with Crippen molar-refractivity contribution in [3.8, 4) is 0 Å². The molecule has 0 aromatic heterocycles. The highest BCUT2D eigenvalue weighted by molar-refractivity contribution is 6.31. The summed E-state index contributed by atoms with van der Waals surface area (Å²) in [7, 11) is 0. The van der Waals surface area contributed by atoms with Gasteiger partial charge in [-0.1, -0.05) is 29.8 Å². The maximum absolute atomic E-state index is 12.7. The minimum absolute atomic E-state index is 0.0278. The number of nitrogens with zero attached hydrogens (tertiary/aromatic N) is 1. The summed E-state index contributed by atoms with van der Waals surface area (Å²) in [6, 6.07) is 14.5. The molecule has 4 heteroatoms. The van der Waals surface area contributed by atoms with Crippen LogP contribution in [0.4, 0.5) is 11.4 Å². The third kappa shape index (κ3) is 2.94. The van der Waals surface area contributed by atoms with E-state index in [0.717, 1.165) is 5.69 Å². The van der Waals surface area contributed by atoms with Crippen molar-refractivity contribution in [2.45, 2.75) is 19.9 Å². The quantitative estimate of drug-likeness (QED) is 0.869. The molecule has 0 bridgehead atoms. The van der Waals surface area contributed by atoms with Gasteiger partial charge in [-0.05, 0) is 44.2 Å². The van der Waals surface area contributed by atoms with Crippen molar-refractivity contribution in [3.63, 3.8) is 0 Å². The molecule has 3 nitrogen and oxygen atoms in total. The average molecular weight is 289 g/mol. The van der Waals surface area contributed by atoms with E-state index in [1.807, 2.05) is 44.2 Å². The predicted octanol–water partition coefficient (Wildman–Crippen LogP) is 3.98. The first-order valence-electron chi connectivity index (χ1n) is 6.44. The van der Waals surface area contributed by atoms with Gasteiger partial charge in [-0.2, -0.15) is 0 Å². The van der Waals surface area contributed by atoms with Gasteiger partial charge in [0.2, 0.25) is 0 Å². The number of carbonyl (C=O) groups excluding carboxylic acids is 1. The first kappa shape index (κ1) is 14.4. The maximum atomic E-state index is 12.7. The van der Waals surface area contributed by atoms with Crippen LogP contribution in [0.15, 0.2) is 48.5 Å². The number of nitrogens with two attached hydrogens (primary N) is 1. The highest BCUT2D eigenvalue weighted by atomic mass is 35.5. The number of hydrogen-bond donors (Lipinski definition) is 1. The molecule has 0 fully saturated rings. The molecule has 0 spiro atoms. The van der Waals surface area contributed by atoms with Crippen molar-refractivity contribution < 1.29 is 4.79 Å². The van der Waals surface area contributed by atoms with Gasteiger partial charge in [-0.15, -0.1) is 0 Å². The van der Waals surface area contributed by atoms with E-state index in [4.69, 9.17) is 17.3 Å². The summed E-state index contributed by atoms with van der Waals surface area (Å²) in [5.74, 6) is -0.125. The van der Waals surface area contributed by atoms with Crippen LogP contribution in [0.3, 0.4) is 0 Å². The number of hydrogen-bond acceptors (Lipinski definition) is 2. The first-order valence-corrected chi connectivity index (χ1v) is 6.82. The Hall–Kier alpha value is -2.00. The van der Waals surface area contributed by atoms with Gasteiger partial charge in [0, 0.05) is 22.4 Å². The lowest BCUT2D eigenvalue weighted by atomic mass is 10.1. The number of rotatable bonds is 3. The van der Waals surface area contributed by atoms with Crippen LogP contribution < -0.4 is 10.6 Å². The Morgan fingerprint density at radius 2 is 1.80 bits per heavy atom. The molecule has 0 radical (unpaired) electrons. The van der Waals surface area contributed by atoms with E-state index < -0.39 is 0 Å². The molecular weight excluding hydrogens is 272 g/mol. The van der Waals surface area contributed by atoms with E-state index in [-0.39, 0.29) is 11.9 Å². The highest BCUT2D eigenvalue weighted by Crippen LogP contribution is 2.24. The van der Waals surface area contributed by atoms with Crippen LogP contribution in [0.25, 0.3) is 0 Å². The second-order valence-electron chi connectivity index (χ2n) is 4.84. The second kappa shape index (κ2) is 5.97. The number of para-hydroxylation sites is 1. The molecular formula is C16H17ClN2O. The number of benzene rings is 2. The summed E-state index contributed by atoms with van der Waals surface area (Å²) < 4.78 is 0. The molecule has 2 aromatic rings. The predicted molar refractivity (Wildman–Crippen MR) is 84.3 cm³/mol. The number of halogens is 1. The largest absolute Gasteiger partial charge is 0.398 e. The van der Waals surface area contributed by atoms with Crippen LogP contribution in [0.1, 0.15) is 24.2 Å². The average Bonchev–Trinajstić information content (AvgIpc) is 2.39. The van der Waals surface area contributed by atoms with Crippen LogP contribution in [-0.4, -0.2) is 11.9 Å². The van der Waals surface area contributed by atoms with E-state index in [0.29, 0.717) is 16.3 Å². The smallest absolute Gasteiger partial charge is 0.260 e. The minimum atomic E-state index is -0.125. The Morgan fingerprint density at radius 1 is 1.15 bits per heavy atom. The molecule has 2 aromatic carbocycles. The van der Waals surface area contributed by atoms with Crippen LogP contribution in [0.5, 0.6) is 0 Å². The van der Waals surface area contributed by atoms with Gasteiger partial charge in [-0.25, -0.2) is 0 Å². The van der Waals surface area contributed by atoms with Gasteiger partial charge in [0.25, 0.3) is 5.91 Å². The minimum Gasteiger partial charge on any atom is -0.398 e. The lowest BCUT2D eigenvalue weighted by Gasteiger charge is -2.27. The Balaban J connectivity index is 2.42. The van der Waals surface area contributed by atoms with Gasteiger partial charge < -0.3 is 10.6 Å². The number of amides is 1. The van der Waals surface area contributed by atoms with Crippen LogP contribution in [0, 0.1) is 0 Å². The Morgan fingerprint density at radius 3 is 2.35 bits per heavy atom. The van der Waals surface area contributed by atoms with Crippen LogP contribution >= 0.6 is 11.6 Å². The maximum Gasteiger partial charge on any atom is 0.260 e. The lowest BCUT2D eigenvalue weighted by Crippen LogP contribution is -2.37. The van der Waals surface area contributed by atoms with Crippen LogP contribution in [-0.2, 0) is 0 Å². The fraction of sp³-hybridized carbons (Fsp3) is 0.188. The van der Waals surface area contributed by atoms with E-state index in [2.05, 4.69) is 0 Å². The first-order chi connectivity index (χ1) is 9.50. The zero-order valence-electron chi connectivity index (χ0n) is 11.5. The van der Waals surface area contributed by atoms with Crippen molar-refractivity contribution in [1.29, 1.82) is 0 Å². The van der Waals surface area contributed by atoms with Crippen molar-refractivity contribution in [1.82, 2.24) is 0 Å². The van der Waals surface area contributed by atoms with Gasteiger partial charge in [0.1, 0.15) is 0 Å². The summed E-state index contributed by atoms with van der Waals surface area (Å²) in [5, 5.41) is 0.523. The molecule has 2 rings (SSSR count). The highest BCUT2D eigenvalue weighted by Gasteiger charge is 2.22. The summed E-state index contributed by atoms with van der Waals surface area (Å²) in [4.78, 5) is 14.4. The van der Waals surface area contributed by atoms with Gasteiger partial charge in [0.05, 0.1) is 5.56 Å². The fourth-order valence-corrected chi connectivity index (χ4v) is 2.28. The second-order valence-corrected chi connectivity index (χ2v) is 5.27. The van der Waals surface area contributed by atoms with Crippen molar-refractivity contribution in [3.05, 3.63) is 59.1 Å². The molecule has 20 heavy (non-hydrogen) atoms. The third-order valence-electron chi connectivity index (χ3n) is 3.01. The molecule has 0 aliphatic heterocycles. The Kier molecular flexibility index (Phi) is 4.30. The SMILES string of the molecule is CC(C)N(C(=O)c1ccc(Cl)cc1N)c1ccccc1. The van der Waals surface area contributed by atoms with Crippen molar-refractivity contribution in [2.24, 2.45) is 0 Å². The van der Waals surface area contributed by atoms with Gasteiger partial charge in [-0.3, -0.25) is 4.79 Å². The Labute approximate surface area is 124 Å². The molecule has 0 saturated heterocycles. The topological polar surface area (TPSA) is 46.3 Å². The number of anilines is 2. The summed E-state index contributed by atoms with van der Waals surface area (Å²) >= 11 is 5.88. The van der Waals surface area contributed by atoms with E-state index in [1.165, 1.54) is 0 Å². The van der Waals surface area contributed by atoms with E-state index in [1.54, 1.807) is 23.1 Å². The standard InChI is InChI=1S/C16H17ClN2O/c1-11(2)19(13-6-4-3-5-7-13)16(20)14-9-8-12(17)10-15(14)18/h3-11H,18H2,1-2H3. The third-order valence-corrected chi connectivity index (χ3v) is 3.25. The van der Waals surface area contributed by atoms with Gasteiger partial charge >= 0.3 is 0 Å². The molecule has 0 saturated carbocycles. The molecule has 0 unspecified atom stereocenters. The molecule has 2 N–H and O–H groups in total. The molecule has 0 aliphatic carbocycles. The van der Waals surface area contributed by atoms with Gasteiger partial charge in [0.15, 0.2) is 0 Å².